The lowest BCUT2D eigenvalue weighted by atomic mass is 9.83. The van der Waals surface area contributed by atoms with Crippen molar-refractivity contribution in [1.82, 2.24) is 10.2 Å². The molecule has 0 spiro atoms. The van der Waals surface area contributed by atoms with Gasteiger partial charge in [-0.05, 0) is 69.4 Å². The average Bonchev–Trinajstić information content (AvgIpc) is 2.67. The summed E-state index contributed by atoms with van der Waals surface area (Å²) in [5.41, 5.74) is 0.475. The second kappa shape index (κ2) is 6.79. The lowest BCUT2D eigenvalue weighted by molar-refractivity contribution is 0.133. The molecule has 2 atom stereocenters. The fourth-order valence-electron chi connectivity index (χ4n) is 4.58. The molecule has 0 radical (unpaired) electrons. The van der Waals surface area contributed by atoms with Crippen molar-refractivity contribution in [2.45, 2.75) is 78.3 Å². The SMILES string of the molecule is CCNC1C(CN(C)C2CCC(C)CC2)CCC1(C)C. The van der Waals surface area contributed by atoms with E-state index >= 15 is 0 Å². The molecule has 2 unspecified atom stereocenters. The van der Waals surface area contributed by atoms with E-state index < -0.39 is 0 Å². The molecule has 2 rings (SSSR count). The molecule has 0 heterocycles. The van der Waals surface area contributed by atoms with Gasteiger partial charge in [-0.1, -0.05) is 27.7 Å². The van der Waals surface area contributed by atoms with E-state index in [1.165, 1.54) is 45.1 Å². The monoisotopic (exact) mass is 280 g/mol. The molecule has 0 saturated heterocycles. The molecular formula is C18H36N2. The standard InChI is InChI=1S/C18H36N2/c1-6-19-17-15(11-12-18(17,3)4)13-20(5)16-9-7-14(2)8-10-16/h14-17,19H,6-13H2,1-5H3. The first kappa shape index (κ1) is 16.3. The highest BCUT2D eigenvalue weighted by atomic mass is 15.1. The van der Waals surface area contributed by atoms with Crippen LogP contribution in [0.2, 0.25) is 0 Å². The van der Waals surface area contributed by atoms with Crippen LogP contribution in [-0.2, 0) is 0 Å². The van der Waals surface area contributed by atoms with Gasteiger partial charge in [0.1, 0.15) is 0 Å². The van der Waals surface area contributed by atoms with Crippen LogP contribution in [-0.4, -0.2) is 37.1 Å². The van der Waals surface area contributed by atoms with Crippen LogP contribution < -0.4 is 5.32 Å². The number of nitrogens with zero attached hydrogens (tertiary/aromatic N) is 1. The van der Waals surface area contributed by atoms with Crippen LogP contribution in [0.25, 0.3) is 0 Å². The summed E-state index contributed by atoms with van der Waals surface area (Å²) in [6, 6.07) is 1.55. The Hall–Kier alpha value is -0.0800. The molecule has 0 amide bonds. The summed E-state index contributed by atoms with van der Waals surface area (Å²) in [6.45, 7) is 12.0. The van der Waals surface area contributed by atoms with Gasteiger partial charge < -0.3 is 10.2 Å². The Balaban J connectivity index is 1.88. The second-order valence-corrected chi connectivity index (χ2v) is 8.18. The predicted molar refractivity (Wildman–Crippen MR) is 88.0 cm³/mol. The summed E-state index contributed by atoms with van der Waals surface area (Å²) in [6.07, 6.45) is 8.48. The zero-order valence-corrected chi connectivity index (χ0v) is 14.4. The van der Waals surface area contributed by atoms with Gasteiger partial charge in [0, 0.05) is 18.6 Å². The molecule has 0 aromatic heterocycles. The van der Waals surface area contributed by atoms with Crippen molar-refractivity contribution >= 4 is 0 Å². The topological polar surface area (TPSA) is 15.3 Å². The van der Waals surface area contributed by atoms with Crippen LogP contribution in [0.15, 0.2) is 0 Å². The van der Waals surface area contributed by atoms with Gasteiger partial charge in [-0.2, -0.15) is 0 Å². The van der Waals surface area contributed by atoms with Gasteiger partial charge in [-0.3, -0.25) is 0 Å². The van der Waals surface area contributed by atoms with E-state index in [9.17, 15) is 0 Å². The highest BCUT2D eigenvalue weighted by Gasteiger charge is 2.41. The molecule has 2 nitrogen and oxygen atoms in total. The third-order valence-electron chi connectivity index (χ3n) is 6.03. The Bertz CT molecular complexity index is 292. The molecule has 0 bridgehead atoms. The minimum absolute atomic E-state index is 0.475. The molecule has 2 aliphatic rings. The fourth-order valence-corrected chi connectivity index (χ4v) is 4.58. The van der Waals surface area contributed by atoms with Crippen LogP contribution in [0.3, 0.4) is 0 Å². The van der Waals surface area contributed by atoms with Crippen molar-refractivity contribution in [3.8, 4) is 0 Å². The van der Waals surface area contributed by atoms with Gasteiger partial charge in [0.25, 0.3) is 0 Å². The van der Waals surface area contributed by atoms with E-state index in [-0.39, 0.29) is 0 Å². The number of rotatable bonds is 5. The van der Waals surface area contributed by atoms with Gasteiger partial charge in [-0.15, -0.1) is 0 Å². The quantitative estimate of drug-likeness (QED) is 0.821. The summed E-state index contributed by atoms with van der Waals surface area (Å²) < 4.78 is 0. The first-order valence-electron chi connectivity index (χ1n) is 8.87. The Morgan fingerprint density at radius 1 is 1.10 bits per heavy atom. The Morgan fingerprint density at radius 3 is 2.35 bits per heavy atom. The maximum atomic E-state index is 3.77. The van der Waals surface area contributed by atoms with Crippen molar-refractivity contribution in [1.29, 1.82) is 0 Å². The highest BCUT2D eigenvalue weighted by molar-refractivity contribution is 4.97. The second-order valence-electron chi connectivity index (χ2n) is 8.18. The Morgan fingerprint density at radius 2 is 1.75 bits per heavy atom. The minimum atomic E-state index is 0.475. The van der Waals surface area contributed by atoms with Gasteiger partial charge in [0.05, 0.1) is 0 Å². The van der Waals surface area contributed by atoms with Crippen LogP contribution in [0.1, 0.15) is 66.2 Å². The van der Waals surface area contributed by atoms with E-state index in [2.05, 4.69) is 45.0 Å². The number of hydrogen-bond acceptors (Lipinski definition) is 2. The molecule has 118 valence electrons. The van der Waals surface area contributed by atoms with E-state index in [1.807, 2.05) is 0 Å². The zero-order valence-electron chi connectivity index (χ0n) is 14.4. The van der Waals surface area contributed by atoms with E-state index in [0.717, 1.165) is 24.4 Å². The summed E-state index contributed by atoms with van der Waals surface area (Å²) in [7, 11) is 2.37. The van der Waals surface area contributed by atoms with Crippen molar-refractivity contribution in [2.75, 3.05) is 20.1 Å². The van der Waals surface area contributed by atoms with E-state index in [1.54, 1.807) is 0 Å². The summed E-state index contributed by atoms with van der Waals surface area (Å²) in [5, 5.41) is 3.77. The minimum Gasteiger partial charge on any atom is -0.313 e. The van der Waals surface area contributed by atoms with Crippen LogP contribution in [0, 0.1) is 17.3 Å². The third-order valence-corrected chi connectivity index (χ3v) is 6.03. The molecule has 0 aliphatic heterocycles. The van der Waals surface area contributed by atoms with Gasteiger partial charge >= 0.3 is 0 Å². The van der Waals surface area contributed by atoms with E-state index in [4.69, 9.17) is 0 Å². The zero-order chi connectivity index (χ0) is 14.8. The van der Waals surface area contributed by atoms with Gasteiger partial charge in [0.2, 0.25) is 0 Å². The lowest BCUT2D eigenvalue weighted by Crippen LogP contribution is -2.47. The summed E-state index contributed by atoms with van der Waals surface area (Å²) in [5.74, 6) is 1.80. The largest absolute Gasteiger partial charge is 0.313 e. The molecule has 20 heavy (non-hydrogen) atoms. The fraction of sp³-hybridized carbons (Fsp3) is 1.00. The number of nitrogens with one attached hydrogen (secondary N) is 1. The normalized spacial score (nSPS) is 37.5. The van der Waals surface area contributed by atoms with Gasteiger partial charge in [-0.25, -0.2) is 0 Å². The third kappa shape index (κ3) is 3.76. The van der Waals surface area contributed by atoms with E-state index in [0.29, 0.717) is 11.5 Å². The van der Waals surface area contributed by atoms with Crippen molar-refractivity contribution in [3.63, 3.8) is 0 Å². The molecule has 2 heteroatoms. The lowest BCUT2D eigenvalue weighted by Gasteiger charge is -2.38. The van der Waals surface area contributed by atoms with Crippen LogP contribution in [0.5, 0.6) is 0 Å². The van der Waals surface area contributed by atoms with Crippen molar-refractivity contribution in [2.24, 2.45) is 17.3 Å². The van der Waals surface area contributed by atoms with Crippen LogP contribution >= 0.6 is 0 Å². The molecule has 2 aliphatic carbocycles. The predicted octanol–water partition coefficient (Wildman–Crippen LogP) is 3.91. The number of hydrogen-bond donors (Lipinski definition) is 1. The first-order valence-corrected chi connectivity index (χ1v) is 8.87. The van der Waals surface area contributed by atoms with Crippen LogP contribution in [0.4, 0.5) is 0 Å². The molecule has 0 aromatic rings. The molecule has 0 aromatic carbocycles. The van der Waals surface area contributed by atoms with Gasteiger partial charge in [0.15, 0.2) is 0 Å². The molecule has 2 saturated carbocycles. The average molecular weight is 280 g/mol. The smallest absolute Gasteiger partial charge is 0.0159 e. The maximum Gasteiger partial charge on any atom is 0.0159 e. The molecular weight excluding hydrogens is 244 g/mol. The highest BCUT2D eigenvalue weighted by Crippen LogP contribution is 2.42. The van der Waals surface area contributed by atoms with Crippen molar-refractivity contribution in [3.05, 3.63) is 0 Å². The Kier molecular flexibility index (Phi) is 5.53. The van der Waals surface area contributed by atoms with Crippen molar-refractivity contribution < 1.29 is 0 Å². The molecule has 1 N–H and O–H groups in total. The molecule has 2 fully saturated rings. The summed E-state index contributed by atoms with van der Waals surface area (Å²) in [4.78, 5) is 2.68. The summed E-state index contributed by atoms with van der Waals surface area (Å²) >= 11 is 0. The maximum absolute atomic E-state index is 3.77. The first-order chi connectivity index (χ1) is 9.44. The Labute approximate surface area is 126 Å².